The Morgan fingerprint density at radius 2 is 1.89 bits per heavy atom. The molecule has 1 atom stereocenters. The first-order chi connectivity index (χ1) is 12.6. The smallest absolute Gasteiger partial charge is 0.329 e. The van der Waals surface area contributed by atoms with E-state index in [0.29, 0.717) is 5.69 Å². The minimum absolute atomic E-state index is 0.112. The number of halogens is 3. The molecule has 2 heterocycles. The van der Waals surface area contributed by atoms with E-state index in [4.69, 9.17) is 0 Å². The number of carbonyl (C=O) groups is 1. The van der Waals surface area contributed by atoms with Gasteiger partial charge in [0.15, 0.2) is 4.34 Å². The summed E-state index contributed by atoms with van der Waals surface area (Å²) in [5.41, 5.74) is 1.01. The van der Waals surface area contributed by atoms with Crippen molar-refractivity contribution < 1.29 is 26.7 Å². The van der Waals surface area contributed by atoms with E-state index in [0.717, 1.165) is 11.3 Å². The zero-order valence-corrected chi connectivity index (χ0v) is 15.5. The van der Waals surface area contributed by atoms with Crippen molar-refractivity contribution in [3.8, 4) is 11.4 Å². The number of benzene rings is 1. The molecule has 27 heavy (non-hydrogen) atoms. The molecular weight excluding hydrogens is 405 g/mol. The van der Waals surface area contributed by atoms with Crippen LogP contribution in [0, 0.1) is 6.92 Å². The van der Waals surface area contributed by atoms with Crippen molar-refractivity contribution >= 4 is 27.0 Å². The van der Waals surface area contributed by atoms with Gasteiger partial charge < -0.3 is 4.52 Å². The van der Waals surface area contributed by atoms with Crippen LogP contribution in [0.1, 0.15) is 21.9 Å². The molecule has 142 valence electrons. The maximum Gasteiger partial charge on any atom is 0.471 e. The quantitative estimate of drug-likeness (QED) is 0.644. The Hall–Kier alpha value is -2.60. The Labute approximate surface area is 155 Å². The lowest BCUT2D eigenvalue weighted by molar-refractivity contribution is -0.159. The number of rotatable bonds is 3. The van der Waals surface area contributed by atoms with Crippen molar-refractivity contribution in [3.63, 3.8) is 0 Å². The lowest BCUT2D eigenvalue weighted by Gasteiger charge is -2.01. The summed E-state index contributed by atoms with van der Waals surface area (Å²) in [7, 11) is -2.99. The van der Waals surface area contributed by atoms with Gasteiger partial charge in [-0.3, -0.25) is 4.79 Å². The highest BCUT2D eigenvalue weighted by molar-refractivity contribution is 7.95. The van der Waals surface area contributed by atoms with E-state index in [-0.39, 0.29) is 21.3 Å². The van der Waals surface area contributed by atoms with E-state index in [1.54, 1.807) is 12.3 Å². The monoisotopic (exact) mass is 416 g/mol. The Balaban J connectivity index is 1.85. The average molecular weight is 416 g/mol. The number of thiazole rings is 1. The van der Waals surface area contributed by atoms with Gasteiger partial charge in [0.25, 0.3) is 5.91 Å². The normalized spacial score (nSPS) is 14.0. The summed E-state index contributed by atoms with van der Waals surface area (Å²) in [6.45, 7) is 1.73. The summed E-state index contributed by atoms with van der Waals surface area (Å²) in [4.78, 5) is 19.6. The molecule has 2 aromatic heterocycles. The molecule has 7 nitrogen and oxygen atoms in total. The number of aromatic nitrogens is 3. The second-order valence-electron chi connectivity index (χ2n) is 5.45. The Kier molecular flexibility index (Phi) is 4.86. The van der Waals surface area contributed by atoms with Crippen LogP contribution in [0.2, 0.25) is 0 Å². The number of amides is 1. The molecule has 1 unspecified atom stereocenters. The summed E-state index contributed by atoms with van der Waals surface area (Å²) in [6.07, 6.45) is -3.43. The summed E-state index contributed by atoms with van der Waals surface area (Å²) in [5.74, 6) is -2.46. The second-order valence-corrected chi connectivity index (χ2v) is 8.74. The number of alkyl halides is 3. The van der Waals surface area contributed by atoms with Crippen molar-refractivity contribution in [2.45, 2.75) is 17.4 Å². The molecule has 0 radical (unpaired) electrons. The molecular formula is C15H11F3N4O3S2. The summed E-state index contributed by atoms with van der Waals surface area (Å²) in [6, 6.07) is 5.35. The minimum atomic E-state index is -4.74. The summed E-state index contributed by atoms with van der Waals surface area (Å²) >= 11 is 1.15. The summed E-state index contributed by atoms with van der Waals surface area (Å²) < 4.78 is 58.2. The molecule has 1 aromatic carbocycles. The van der Waals surface area contributed by atoms with Gasteiger partial charge in [-0.1, -0.05) is 17.3 Å². The van der Waals surface area contributed by atoms with Gasteiger partial charge in [-0.25, -0.2) is 9.19 Å². The van der Waals surface area contributed by atoms with Crippen LogP contribution in [0.15, 0.2) is 42.9 Å². The lowest BCUT2D eigenvalue weighted by atomic mass is 10.1. The fraction of sp³-hybridized carbons (Fsp3) is 0.200. The molecule has 0 bridgehead atoms. The predicted molar refractivity (Wildman–Crippen MR) is 90.7 cm³/mol. The number of hydrogen-bond donors (Lipinski definition) is 0. The van der Waals surface area contributed by atoms with Crippen molar-refractivity contribution in [2.75, 3.05) is 6.26 Å². The molecule has 0 aliphatic heterocycles. The van der Waals surface area contributed by atoms with E-state index in [2.05, 4.69) is 24.0 Å². The highest BCUT2D eigenvalue weighted by Crippen LogP contribution is 2.29. The van der Waals surface area contributed by atoms with Crippen LogP contribution in [0.4, 0.5) is 13.2 Å². The molecule has 12 heteroatoms. The topological polar surface area (TPSA) is 98.3 Å². The third-order valence-corrected chi connectivity index (χ3v) is 6.46. The van der Waals surface area contributed by atoms with Gasteiger partial charge in [-0.2, -0.15) is 22.5 Å². The Morgan fingerprint density at radius 3 is 2.41 bits per heavy atom. The highest BCUT2D eigenvalue weighted by atomic mass is 32.2. The second kappa shape index (κ2) is 6.85. The Morgan fingerprint density at radius 1 is 1.22 bits per heavy atom. The van der Waals surface area contributed by atoms with Crippen LogP contribution in [0.5, 0.6) is 0 Å². The van der Waals surface area contributed by atoms with Gasteiger partial charge >= 0.3 is 12.1 Å². The predicted octanol–water partition coefficient (Wildman–Crippen LogP) is 3.82. The summed E-state index contributed by atoms with van der Waals surface area (Å²) in [5, 5.41) is 4.96. The first-order valence-corrected chi connectivity index (χ1v) is 10.1. The molecule has 0 N–H and O–H groups in total. The fourth-order valence-electron chi connectivity index (χ4n) is 1.97. The molecule has 3 aromatic rings. The SMILES string of the molecule is Cc1csc(S(C)(=O)=NC(=O)c2ccc(-c3noc(C(F)(F)F)n3)cc2)n1. The zero-order chi connectivity index (χ0) is 19.8. The fourth-order valence-corrected chi connectivity index (χ4v) is 4.28. The van der Waals surface area contributed by atoms with Gasteiger partial charge in [0.05, 0.1) is 0 Å². The van der Waals surface area contributed by atoms with E-state index >= 15 is 0 Å². The minimum Gasteiger partial charge on any atom is -0.329 e. The van der Waals surface area contributed by atoms with E-state index in [1.165, 1.54) is 30.5 Å². The van der Waals surface area contributed by atoms with Crippen molar-refractivity contribution in [3.05, 3.63) is 46.8 Å². The van der Waals surface area contributed by atoms with Crippen LogP contribution in [0.3, 0.4) is 0 Å². The molecule has 0 aliphatic carbocycles. The van der Waals surface area contributed by atoms with Gasteiger partial charge in [0, 0.05) is 28.5 Å². The maximum atomic E-state index is 12.6. The average Bonchev–Trinajstić information content (AvgIpc) is 3.23. The number of carbonyl (C=O) groups excluding carboxylic acids is 1. The maximum absolute atomic E-state index is 12.6. The molecule has 1 amide bonds. The van der Waals surface area contributed by atoms with Gasteiger partial charge in [-0.05, 0) is 19.1 Å². The molecule has 0 saturated carbocycles. The largest absolute Gasteiger partial charge is 0.471 e. The van der Waals surface area contributed by atoms with Gasteiger partial charge in [-0.15, -0.1) is 11.3 Å². The van der Waals surface area contributed by atoms with Crippen LogP contribution in [-0.4, -0.2) is 31.5 Å². The number of aryl methyl sites for hydroxylation is 1. The third kappa shape index (κ3) is 4.22. The van der Waals surface area contributed by atoms with Crippen molar-refractivity contribution in [1.29, 1.82) is 0 Å². The first-order valence-electron chi connectivity index (χ1n) is 7.26. The van der Waals surface area contributed by atoms with Gasteiger partial charge in [0.1, 0.15) is 9.73 Å². The zero-order valence-electron chi connectivity index (χ0n) is 13.9. The number of nitrogens with zero attached hydrogens (tertiary/aromatic N) is 4. The van der Waals surface area contributed by atoms with Crippen LogP contribution in [-0.2, 0) is 15.9 Å². The molecule has 0 saturated heterocycles. The number of hydrogen-bond acceptors (Lipinski definition) is 7. The Bertz CT molecular complexity index is 1110. The molecule has 0 aliphatic rings. The van der Waals surface area contributed by atoms with Crippen molar-refractivity contribution in [1.82, 2.24) is 15.1 Å². The van der Waals surface area contributed by atoms with Crippen molar-refractivity contribution in [2.24, 2.45) is 4.36 Å². The molecule has 0 fully saturated rings. The van der Waals surface area contributed by atoms with Crippen LogP contribution >= 0.6 is 11.3 Å². The first kappa shape index (κ1) is 19.2. The van der Waals surface area contributed by atoms with E-state index in [1.807, 2.05) is 0 Å². The van der Waals surface area contributed by atoms with Crippen LogP contribution < -0.4 is 0 Å². The van der Waals surface area contributed by atoms with Gasteiger partial charge in [0.2, 0.25) is 5.82 Å². The highest BCUT2D eigenvalue weighted by Gasteiger charge is 2.38. The molecule has 3 rings (SSSR count). The standard InChI is InChI=1S/C15H11F3N4O3S2/c1-8-7-26-14(19-8)27(2,24)22-12(23)10-5-3-9(4-6-10)11-20-13(25-21-11)15(16,17)18/h3-7H,1-2H3. The van der Waals surface area contributed by atoms with E-state index in [9.17, 15) is 22.2 Å². The van der Waals surface area contributed by atoms with Crippen LogP contribution in [0.25, 0.3) is 11.4 Å². The van der Waals surface area contributed by atoms with E-state index < -0.39 is 27.7 Å². The lowest BCUT2D eigenvalue weighted by Crippen LogP contribution is -2.05. The molecule has 0 spiro atoms. The third-order valence-electron chi connectivity index (χ3n) is 3.24.